The molecule has 21 heteroatoms. The summed E-state index contributed by atoms with van der Waals surface area (Å²) in [7, 11) is -3.62. The SMILES string of the molecule is CS(=O)(=O)n1ccc(C(=O)N[C@@H](COCc2ccc(CNC(=O)CCN3CC4(C3)CN(c3ccc5c(c3)C(=O)N(C3CCC(=O)NC3=O)C5=O)C4)cc2)C(=O)Nc2nc(-c3ccccc3)cs2)c1. The monoisotopic (exact) mass is 961 g/mol. The highest BCUT2D eigenvalue weighted by molar-refractivity contribution is 7.89. The molecule has 2 atom stereocenters. The first-order chi connectivity index (χ1) is 32.6. The molecule has 0 radical (unpaired) electrons. The normalized spacial score (nSPS) is 18.1. The van der Waals surface area contributed by atoms with Crippen molar-refractivity contribution in [3.8, 4) is 11.3 Å². The first kappa shape index (κ1) is 46.1. The van der Waals surface area contributed by atoms with E-state index in [0.717, 1.165) is 63.7 Å². The smallest absolute Gasteiger partial charge is 0.262 e. The number of benzene rings is 3. The van der Waals surface area contributed by atoms with Crippen LogP contribution in [0.4, 0.5) is 10.8 Å². The van der Waals surface area contributed by atoms with Crippen LogP contribution in [-0.2, 0) is 47.1 Å². The van der Waals surface area contributed by atoms with Gasteiger partial charge in [0, 0.05) is 86.5 Å². The Hall–Kier alpha value is -7.07. The Kier molecular flexibility index (Phi) is 12.8. The highest BCUT2D eigenvalue weighted by atomic mass is 32.2. The first-order valence-electron chi connectivity index (χ1n) is 21.9. The van der Waals surface area contributed by atoms with Gasteiger partial charge < -0.3 is 30.5 Å². The number of piperidine rings is 1. The van der Waals surface area contributed by atoms with E-state index in [1.54, 1.807) is 12.1 Å². The molecule has 3 fully saturated rings. The molecule has 9 rings (SSSR count). The number of anilines is 2. The molecule has 7 amide bonds. The summed E-state index contributed by atoms with van der Waals surface area (Å²) in [6.45, 7) is 4.07. The molecule has 4 aliphatic heterocycles. The third-order valence-electron chi connectivity index (χ3n) is 12.4. The van der Waals surface area contributed by atoms with Crippen molar-refractivity contribution in [2.45, 2.75) is 44.5 Å². The van der Waals surface area contributed by atoms with Gasteiger partial charge in [-0.2, -0.15) is 0 Å². The Morgan fingerprint density at radius 3 is 2.38 bits per heavy atom. The van der Waals surface area contributed by atoms with E-state index < -0.39 is 57.6 Å². The molecule has 0 bridgehead atoms. The fourth-order valence-corrected chi connectivity index (χ4v) is 10.2. The number of carbonyl (C=O) groups is 7. The Morgan fingerprint density at radius 2 is 1.66 bits per heavy atom. The minimum absolute atomic E-state index is 0.0472. The van der Waals surface area contributed by atoms with E-state index in [-0.39, 0.29) is 54.1 Å². The summed E-state index contributed by atoms with van der Waals surface area (Å²) in [6.07, 6.45) is 3.92. The summed E-state index contributed by atoms with van der Waals surface area (Å²) in [5, 5.41) is 12.7. The van der Waals surface area contributed by atoms with Gasteiger partial charge >= 0.3 is 0 Å². The number of amides is 7. The summed E-state index contributed by atoms with van der Waals surface area (Å²) in [5.74, 6) is -3.43. The minimum Gasteiger partial charge on any atom is -0.374 e. The van der Waals surface area contributed by atoms with E-state index in [0.29, 0.717) is 30.3 Å². The van der Waals surface area contributed by atoms with Crippen molar-refractivity contribution >= 4 is 73.5 Å². The minimum atomic E-state index is -3.62. The van der Waals surface area contributed by atoms with Gasteiger partial charge in [0.05, 0.1) is 41.9 Å². The van der Waals surface area contributed by atoms with Gasteiger partial charge in [0.1, 0.15) is 12.1 Å². The fourth-order valence-electron chi connectivity index (χ4n) is 8.87. The second kappa shape index (κ2) is 18.9. The van der Waals surface area contributed by atoms with Crippen LogP contribution < -0.4 is 26.2 Å². The second-order valence-corrected chi connectivity index (χ2v) is 20.3. The number of likely N-dealkylation sites (tertiary alicyclic amines) is 1. The molecule has 1 spiro atoms. The Morgan fingerprint density at radius 1 is 0.926 bits per heavy atom. The number of aromatic nitrogens is 2. The molecule has 0 saturated carbocycles. The Bertz CT molecular complexity index is 2920. The summed E-state index contributed by atoms with van der Waals surface area (Å²) in [6, 6.07) is 21.2. The second-order valence-electron chi connectivity index (χ2n) is 17.5. The molecule has 4 aliphatic rings. The maximum atomic E-state index is 13.5. The van der Waals surface area contributed by atoms with Crippen LogP contribution in [0.3, 0.4) is 0 Å². The van der Waals surface area contributed by atoms with E-state index in [1.165, 1.54) is 29.8 Å². The van der Waals surface area contributed by atoms with Crippen LogP contribution in [-0.4, -0.2) is 126 Å². The number of carbonyl (C=O) groups excluding carboxylic acids is 7. The average molecular weight is 962 g/mol. The summed E-state index contributed by atoms with van der Waals surface area (Å²) in [5.41, 5.74) is 4.69. The summed E-state index contributed by atoms with van der Waals surface area (Å²) in [4.78, 5) is 99.8. The fraction of sp³-hybridized carbons (Fsp3) is 0.319. The lowest BCUT2D eigenvalue weighted by Crippen LogP contribution is -2.72. The molecular formula is C47H47N9O10S2. The van der Waals surface area contributed by atoms with Crippen LogP contribution in [0.25, 0.3) is 11.3 Å². The lowest BCUT2D eigenvalue weighted by atomic mass is 9.72. The van der Waals surface area contributed by atoms with Crippen LogP contribution in [0.5, 0.6) is 0 Å². The lowest BCUT2D eigenvalue weighted by Gasteiger charge is -2.61. The molecule has 352 valence electrons. The third-order valence-corrected chi connectivity index (χ3v) is 14.2. The average Bonchev–Trinajstić information content (AvgIpc) is 4.04. The molecule has 0 aliphatic carbocycles. The molecule has 3 saturated heterocycles. The quantitative estimate of drug-likeness (QED) is 0.0983. The van der Waals surface area contributed by atoms with Crippen LogP contribution in [0, 0.1) is 5.41 Å². The van der Waals surface area contributed by atoms with E-state index in [2.05, 4.69) is 36.1 Å². The number of nitrogens with one attached hydrogen (secondary N) is 4. The highest BCUT2D eigenvalue weighted by Crippen LogP contribution is 2.43. The molecule has 6 heterocycles. The van der Waals surface area contributed by atoms with E-state index in [9.17, 15) is 42.0 Å². The van der Waals surface area contributed by atoms with Gasteiger partial charge in [-0.1, -0.05) is 54.6 Å². The van der Waals surface area contributed by atoms with Crippen molar-refractivity contribution in [1.82, 2.24) is 34.7 Å². The Balaban J connectivity index is 0.704. The molecule has 3 aromatic carbocycles. The predicted molar refractivity (Wildman–Crippen MR) is 249 cm³/mol. The number of fused-ring (bicyclic) bond motifs is 1. The molecule has 19 nitrogen and oxygen atoms in total. The van der Waals surface area contributed by atoms with Crippen LogP contribution >= 0.6 is 11.3 Å². The number of hydrogen-bond donors (Lipinski definition) is 4. The van der Waals surface area contributed by atoms with Gasteiger partial charge in [0.15, 0.2) is 5.13 Å². The number of hydrogen-bond acceptors (Lipinski definition) is 14. The van der Waals surface area contributed by atoms with Gasteiger partial charge in [-0.3, -0.25) is 47.8 Å². The van der Waals surface area contributed by atoms with Crippen molar-refractivity contribution in [2.75, 3.05) is 55.8 Å². The molecule has 68 heavy (non-hydrogen) atoms. The zero-order valence-electron chi connectivity index (χ0n) is 36.8. The van der Waals surface area contributed by atoms with Crippen molar-refractivity contribution in [2.24, 2.45) is 5.41 Å². The Labute approximate surface area is 394 Å². The zero-order chi connectivity index (χ0) is 47.7. The van der Waals surface area contributed by atoms with E-state index >= 15 is 0 Å². The van der Waals surface area contributed by atoms with Crippen LogP contribution in [0.15, 0.2) is 96.6 Å². The third kappa shape index (κ3) is 9.96. The zero-order valence-corrected chi connectivity index (χ0v) is 38.4. The molecule has 2 aromatic heterocycles. The summed E-state index contributed by atoms with van der Waals surface area (Å²) < 4.78 is 30.8. The number of imide groups is 2. The van der Waals surface area contributed by atoms with Crippen molar-refractivity contribution in [3.05, 3.63) is 124 Å². The van der Waals surface area contributed by atoms with Gasteiger partial charge in [0.25, 0.3) is 23.6 Å². The lowest BCUT2D eigenvalue weighted by molar-refractivity contribution is -0.136. The van der Waals surface area contributed by atoms with E-state index in [1.807, 2.05) is 66.0 Å². The highest BCUT2D eigenvalue weighted by Gasteiger charge is 2.52. The van der Waals surface area contributed by atoms with Gasteiger partial charge in [-0.25, -0.2) is 13.4 Å². The van der Waals surface area contributed by atoms with Crippen molar-refractivity contribution in [1.29, 1.82) is 0 Å². The van der Waals surface area contributed by atoms with Gasteiger partial charge in [0.2, 0.25) is 27.7 Å². The predicted octanol–water partition coefficient (Wildman–Crippen LogP) is 2.60. The molecular weight excluding hydrogens is 915 g/mol. The van der Waals surface area contributed by atoms with Crippen molar-refractivity contribution in [3.63, 3.8) is 0 Å². The van der Waals surface area contributed by atoms with Gasteiger partial charge in [-0.15, -0.1) is 11.3 Å². The maximum Gasteiger partial charge on any atom is 0.262 e. The molecule has 1 unspecified atom stereocenters. The van der Waals surface area contributed by atoms with Crippen LogP contribution in [0.2, 0.25) is 0 Å². The van der Waals surface area contributed by atoms with Crippen LogP contribution in [0.1, 0.15) is 61.5 Å². The number of rotatable bonds is 17. The van der Waals surface area contributed by atoms with Gasteiger partial charge in [-0.05, 0) is 41.8 Å². The number of thiazole rings is 1. The summed E-state index contributed by atoms with van der Waals surface area (Å²) >= 11 is 1.23. The van der Waals surface area contributed by atoms with E-state index in [4.69, 9.17) is 4.74 Å². The molecule has 5 aromatic rings. The van der Waals surface area contributed by atoms with Crippen molar-refractivity contribution < 1.29 is 46.7 Å². The largest absolute Gasteiger partial charge is 0.374 e. The molecule has 4 N–H and O–H groups in total. The number of nitrogens with zero attached hydrogens (tertiary/aromatic N) is 5. The first-order valence-corrected chi connectivity index (χ1v) is 24.6. The topological polar surface area (TPSA) is 239 Å². The maximum absolute atomic E-state index is 13.5. The number of ether oxygens (including phenoxy) is 1. The standard InChI is InChI=1S/C47H47N9O10S2/c1-68(64,65)55-18-15-32(21-55)41(59)49-36(42(60)52-46-50-37(24-67-46)31-5-3-2-4-6-31)23-66-22-30-9-7-29(8-10-30)20-48-39(57)16-17-53-25-47(26-53)27-54(28-47)33-11-12-34-35(19-33)45(63)56(44(34)62)38-13-14-40(58)51-43(38)61/h2-12,15,18-19,21,24,36,38H,13-14,16-17,20,22-23,25-28H2,1H3,(H,48,57)(H,49,59)(H,50,52,60)(H,51,58,61)/t36-,38?/m0/s1.